The Bertz CT molecular complexity index is 344. The first-order valence-corrected chi connectivity index (χ1v) is 4.32. The molecule has 0 aromatic heterocycles. The van der Waals surface area contributed by atoms with E-state index in [1.807, 2.05) is 0 Å². The van der Waals surface area contributed by atoms with Gasteiger partial charge >= 0.3 is 0 Å². The van der Waals surface area contributed by atoms with Crippen LogP contribution in [0.25, 0.3) is 0 Å². The maximum absolute atomic E-state index is 12.6. The second-order valence-electron chi connectivity index (χ2n) is 3.55. The van der Waals surface area contributed by atoms with Crippen LogP contribution in [0.2, 0.25) is 0 Å². The molecule has 0 radical (unpaired) electrons. The third-order valence-electron chi connectivity index (χ3n) is 2.46. The summed E-state index contributed by atoms with van der Waals surface area (Å²) in [5.74, 6) is -0.330. The highest BCUT2D eigenvalue weighted by molar-refractivity contribution is 5.51. The quantitative estimate of drug-likeness (QED) is 0.697. The molecule has 14 heavy (non-hydrogen) atoms. The lowest BCUT2D eigenvalue weighted by Crippen LogP contribution is -2.58. The summed E-state index contributed by atoms with van der Waals surface area (Å²) in [4.78, 5) is 11.8. The largest absolute Gasteiger partial charge is 0.381 e. The molecule has 3 nitrogen and oxygen atoms in total. The number of likely N-dealkylation sites (tertiary alicyclic amines) is 1. The first-order chi connectivity index (χ1) is 6.64. The van der Waals surface area contributed by atoms with Crippen molar-refractivity contribution in [2.24, 2.45) is 0 Å². The summed E-state index contributed by atoms with van der Waals surface area (Å²) in [6.07, 6.45) is 0.692. The van der Waals surface area contributed by atoms with E-state index in [4.69, 9.17) is 0 Å². The molecule has 1 saturated heterocycles. The Balaban J connectivity index is 2.16. The zero-order valence-corrected chi connectivity index (χ0v) is 7.48. The van der Waals surface area contributed by atoms with Crippen molar-refractivity contribution in [2.45, 2.75) is 5.60 Å². The van der Waals surface area contributed by atoms with Crippen LogP contribution in [0.4, 0.5) is 4.39 Å². The highest BCUT2D eigenvalue weighted by Gasteiger charge is 2.41. The summed E-state index contributed by atoms with van der Waals surface area (Å²) in [6, 6.07) is 5.68. The lowest BCUT2D eigenvalue weighted by molar-refractivity contribution is -0.143. The summed E-state index contributed by atoms with van der Waals surface area (Å²) in [7, 11) is 0. The molecule has 1 amide bonds. The van der Waals surface area contributed by atoms with Crippen molar-refractivity contribution in [3.8, 4) is 0 Å². The molecule has 0 saturated carbocycles. The van der Waals surface area contributed by atoms with E-state index in [1.54, 1.807) is 0 Å². The van der Waals surface area contributed by atoms with Gasteiger partial charge in [0, 0.05) is 0 Å². The molecular formula is C10H10FNO2. The number of hydrogen-bond donors (Lipinski definition) is 1. The van der Waals surface area contributed by atoms with E-state index < -0.39 is 5.60 Å². The fourth-order valence-electron chi connectivity index (χ4n) is 1.64. The number of halogens is 1. The van der Waals surface area contributed by atoms with Gasteiger partial charge in [0.2, 0.25) is 6.41 Å². The van der Waals surface area contributed by atoms with E-state index in [0.717, 1.165) is 0 Å². The molecule has 2 rings (SSSR count). The van der Waals surface area contributed by atoms with Crippen LogP contribution in [-0.4, -0.2) is 29.5 Å². The molecule has 0 bridgehead atoms. The predicted molar refractivity (Wildman–Crippen MR) is 47.9 cm³/mol. The van der Waals surface area contributed by atoms with Gasteiger partial charge in [-0.05, 0) is 17.7 Å². The highest BCUT2D eigenvalue weighted by Crippen LogP contribution is 2.30. The normalized spacial score (nSPS) is 18.9. The van der Waals surface area contributed by atoms with Crippen LogP contribution in [0.1, 0.15) is 5.56 Å². The summed E-state index contributed by atoms with van der Waals surface area (Å²) in [6.45, 7) is 0.560. The van der Waals surface area contributed by atoms with Crippen LogP contribution in [0.15, 0.2) is 24.3 Å². The molecule has 0 atom stereocenters. The van der Waals surface area contributed by atoms with Gasteiger partial charge in [0.25, 0.3) is 0 Å². The Morgan fingerprint density at radius 1 is 1.36 bits per heavy atom. The van der Waals surface area contributed by atoms with Crippen molar-refractivity contribution in [1.82, 2.24) is 4.90 Å². The lowest BCUT2D eigenvalue weighted by Gasteiger charge is -2.44. The number of amides is 1. The number of carbonyl (C=O) groups is 1. The highest BCUT2D eigenvalue weighted by atomic mass is 19.1. The van der Waals surface area contributed by atoms with E-state index in [2.05, 4.69) is 0 Å². The van der Waals surface area contributed by atoms with E-state index in [1.165, 1.54) is 29.2 Å². The minimum absolute atomic E-state index is 0.280. The van der Waals surface area contributed by atoms with Gasteiger partial charge in [0.05, 0.1) is 13.1 Å². The van der Waals surface area contributed by atoms with E-state index in [-0.39, 0.29) is 18.9 Å². The van der Waals surface area contributed by atoms with Gasteiger partial charge in [-0.15, -0.1) is 0 Å². The first-order valence-electron chi connectivity index (χ1n) is 4.32. The van der Waals surface area contributed by atoms with Crippen LogP contribution >= 0.6 is 0 Å². The van der Waals surface area contributed by atoms with Gasteiger partial charge in [-0.25, -0.2) is 4.39 Å². The molecule has 0 spiro atoms. The van der Waals surface area contributed by atoms with Crippen molar-refractivity contribution in [2.75, 3.05) is 13.1 Å². The van der Waals surface area contributed by atoms with Crippen molar-refractivity contribution < 1.29 is 14.3 Å². The molecule has 0 unspecified atom stereocenters. The Morgan fingerprint density at radius 3 is 2.43 bits per heavy atom. The summed E-state index contributed by atoms with van der Waals surface area (Å²) in [5.41, 5.74) is -0.341. The monoisotopic (exact) mass is 195 g/mol. The predicted octanol–water partition coefficient (Wildman–Crippen LogP) is 0.485. The second kappa shape index (κ2) is 3.06. The number of carbonyl (C=O) groups excluding carboxylic acids is 1. The van der Waals surface area contributed by atoms with Gasteiger partial charge in [0.1, 0.15) is 11.4 Å². The maximum atomic E-state index is 12.6. The summed E-state index contributed by atoms with van der Waals surface area (Å²) < 4.78 is 12.6. The molecule has 1 aromatic rings. The third-order valence-corrected chi connectivity index (χ3v) is 2.46. The zero-order valence-electron chi connectivity index (χ0n) is 7.48. The summed E-state index contributed by atoms with van der Waals surface area (Å²) in [5, 5.41) is 9.95. The molecule has 1 heterocycles. The molecular weight excluding hydrogens is 185 g/mol. The molecule has 1 N–H and O–H groups in total. The smallest absolute Gasteiger partial charge is 0.209 e. The van der Waals surface area contributed by atoms with Gasteiger partial charge in [0.15, 0.2) is 0 Å². The van der Waals surface area contributed by atoms with Gasteiger partial charge in [-0.3, -0.25) is 4.79 Å². The zero-order chi connectivity index (χ0) is 10.2. The van der Waals surface area contributed by atoms with Gasteiger partial charge < -0.3 is 10.0 Å². The molecule has 0 aliphatic carbocycles. The minimum atomic E-state index is -0.991. The van der Waals surface area contributed by atoms with Crippen LogP contribution in [0.3, 0.4) is 0 Å². The Morgan fingerprint density at radius 2 is 1.93 bits per heavy atom. The Hall–Kier alpha value is -1.42. The van der Waals surface area contributed by atoms with E-state index in [0.29, 0.717) is 12.0 Å². The first kappa shape index (κ1) is 9.15. The number of benzene rings is 1. The second-order valence-corrected chi connectivity index (χ2v) is 3.55. The number of β-amino-alcohol motifs (C(OH)–C–C–N with tert-alkyl or cyclic N) is 1. The van der Waals surface area contributed by atoms with Crippen molar-refractivity contribution in [3.63, 3.8) is 0 Å². The standard InChI is InChI=1S/C10H10FNO2/c11-9-3-1-8(2-4-9)10(14)5-12(6-10)7-13/h1-4,7,14H,5-6H2. The lowest BCUT2D eigenvalue weighted by atomic mass is 9.87. The molecule has 1 aromatic carbocycles. The SMILES string of the molecule is O=CN1CC(O)(c2ccc(F)cc2)C1. The molecule has 1 aliphatic heterocycles. The number of rotatable bonds is 2. The van der Waals surface area contributed by atoms with Gasteiger partial charge in [-0.1, -0.05) is 12.1 Å². The summed E-state index contributed by atoms with van der Waals surface area (Å²) >= 11 is 0. The minimum Gasteiger partial charge on any atom is -0.381 e. The van der Waals surface area contributed by atoms with Crippen molar-refractivity contribution in [1.29, 1.82) is 0 Å². The fraction of sp³-hybridized carbons (Fsp3) is 0.300. The third kappa shape index (κ3) is 1.37. The van der Waals surface area contributed by atoms with Crippen LogP contribution in [-0.2, 0) is 10.4 Å². The average molecular weight is 195 g/mol. The van der Waals surface area contributed by atoms with Crippen LogP contribution < -0.4 is 0 Å². The van der Waals surface area contributed by atoms with Crippen LogP contribution in [0, 0.1) is 5.82 Å². The molecule has 1 aliphatic rings. The van der Waals surface area contributed by atoms with Crippen molar-refractivity contribution in [3.05, 3.63) is 35.6 Å². The maximum Gasteiger partial charge on any atom is 0.209 e. The number of hydrogen-bond acceptors (Lipinski definition) is 2. The molecule has 74 valence electrons. The molecule has 4 heteroatoms. The van der Waals surface area contributed by atoms with Crippen molar-refractivity contribution >= 4 is 6.41 Å². The Kier molecular flexibility index (Phi) is 2.00. The average Bonchev–Trinajstić information content (AvgIpc) is 2.14. The fourth-order valence-corrected chi connectivity index (χ4v) is 1.64. The van der Waals surface area contributed by atoms with Gasteiger partial charge in [-0.2, -0.15) is 0 Å². The van der Waals surface area contributed by atoms with E-state index >= 15 is 0 Å². The van der Waals surface area contributed by atoms with Crippen LogP contribution in [0.5, 0.6) is 0 Å². The topological polar surface area (TPSA) is 40.5 Å². The number of nitrogens with zero attached hydrogens (tertiary/aromatic N) is 1. The number of aliphatic hydroxyl groups is 1. The van der Waals surface area contributed by atoms with E-state index in [9.17, 15) is 14.3 Å². The molecule has 1 fully saturated rings. The Labute approximate surface area is 80.8 Å².